The van der Waals surface area contributed by atoms with Crippen LogP contribution in [0, 0.1) is 57.2 Å². The van der Waals surface area contributed by atoms with Crippen LogP contribution in [0.5, 0.6) is 0 Å². The number of ether oxygens (including phenoxy) is 1. The molecule has 0 aromatic rings. The van der Waals surface area contributed by atoms with Crippen molar-refractivity contribution in [1.29, 1.82) is 0 Å². The number of ketones is 2. The van der Waals surface area contributed by atoms with Crippen molar-refractivity contribution in [2.75, 3.05) is 12.9 Å². The van der Waals surface area contributed by atoms with Gasteiger partial charge in [0, 0.05) is 24.7 Å². The van der Waals surface area contributed by atoms with Crippen LogP contribution >= 0.6 is 0 Å². The monoisotopic (exact) mass is 684 g/mol. The lowest BCUT2D eigenvalue weighted by atomic mass is 9.43. The molecule has 0 aromatic heterocycles. The molecule has 0 radical (unpaired) electrons. The summed E-state index contributed by atoms with van der Waals surface area (Å²) in [7, 11) is -8.94. The van der Waals surface area contributed by atoms with Gasteiger partial charge in [0.25, 0.3) is 10.1 Å². The summed E-state index contributed by atoms with van der Waals surface area (Å²) in [5.74, 6) is -2.82. The van der Waals surface area contributed by atoms with Crippen molar-refractivity contribution in [3.8, 4) is 0 Å². The first-order chi connectivity index (χ1) is 21.0. The molecule has 4 saturated carbocycles. The SMILES string of the molecule is C=C(C(=O)[C@H](OS(=O)(=O)O)[C@@H](C)[C@H]1[C@@H](OC(C)=O)C[C@@]2(C)C3CCC4[C@H](C)C(=O)C=C[C@@]45C[C@@]35CC[C@]12C)[C@@H](C)COS(C)(=O)=O. The maximum Gasteiger partial charge on any atom is 0.398 e. The molecule has 5 aliphatic rings. The minimum Gasteiger partial charge on any atom is -0.462 e. The fourth-order valence-corrected chi connectivity index (χ4v) is 12.1. The van der Waals surface area contributed by atoms with Crippen molar-refractivity contribution in [3.05, 3.63) is 24.3 Å². The summed E-state index contributed by atoms with van der Waals surface area (Å²) in [5.41, 5.74) is -1.03. The number of esters is 1. The Kier molecular flexibility index (Phi) is 8.70. The van der Waals surface area contributed by atoms with E-state index in [-0.39, 0.29) is 39.4 Å². The second kappa shape index (κ2) is 11.3. The highest BCUT2D eigenvalue weighted by molar-refractivity contribution is 7.86. The van der Waals surface area contributed by atoms with Gasteiger partial charge in [0.05, 0.1) is 12.9 Å². The van der Waals surface area contributed by atoms with Crippen molar-refractivity contribution >= 4 is 38.1 Å². The summed E-state index contributed by atoms with van der Waals surface area (Å²) in [6, 6.07) is 0. The molecule has 0 amide bonds. The van der Waals surface area contributed by atoms with Gasteiger partial charge >= 0.3 is 16.4 Å². The number of Topliss-reactive ketones (excluding diaryl/α,β-unsaturated/α-hetero) is 1. The summed E-state index contributed by atoms with van der Waals surface area (Å²) in [4.78, 5) is 39.0. The zero-order valence-corrected chi connectivity index (χ0v) is 29.4. The number of carbonyl (C=O) groups is 3. The van der Waals surface area contributed by atoms with Gasteiger partial charge in [-0.1, -0.05) is 47.3 Å². The Labute approximate surface area is 273 Å². The number of fused-ring (bicyclic) bond motifs is 2. The van der Waals surface area contributed by atoms with E-state index in [2.05, 4.69) is 26.5 Å². The number of hydrogen-bond acceptors (Lipinski definition) is 10. The molecule has 2 spiro atoms. The molecule has 0 aliphatic heterocycles. The zero-order valence-electron chi connectivity index (χ0n) is 27.8. The van der Waals surface area contributed by atoms with Gasteiger partial charge in [0.15, 0.2) is 11.6 Å². The topological polar surface area (TPSA) is 167 Å². The molecule has 12 atom stereocenters. The van der Waals surface area contributed by atoms with Crippen molar-refractivity contribution in [2.45, 2.75) is 92.3 Å². The van der Waals surface area contributed by atoms with Gasteiger partial charge in [0.2, 0.25) is 0 Å². The fraction of sp³-hybridized carbons (Fsp3) is 0.788. The summed E-state index contributed by atoms with van der Waals surface area (Å²) in [5, 5.41) is 0. The predicted octanol–water partition coefficient (Wildman–Crippen LogP) is 4.48. The molecular weight excluding hydrogens is 636 g/mol. The molecule has 258 valence electrons. The molecule has 11 nitrogen and oxygen atoms in total. The maximum atomic E-state index is 13.9. The number of allylic oxidation sites excluding steroid dienone is 2. The Morgan fingerprint density at radius 1 is 1.11 bits per heavy atom. The Hall–Kier alpha value is -1.93. The Morgan fingerprint density at radius 2 is 1.76 bits per heavy atom. The summed E-state index contributed by atoms with van der Waals surface area (Å²) >= 11 is 0. The van der Waals surface area contributed by atoms with Crippen molar-refractivity contribution in [3.63, 3.8) is 0 Å². The van der Waals surface area contributed by atoms with E-state index in [4.69, 9.17) is 13.1 Å². The maximum absolute atomic E-state index is 13.9. The molecule has 0 saturated heterocycles. The van der Waals surface area contributed by atoms with Crippen LogP contribution in [0.3, 0.4) is 0 Å². The summed E-state index contributed by atoms with van der Waals surface area (Å²) < 4.78 is 73.2. The van der Waals surface area contributed by atoms with Crippen molar-refractivity contribution in [1.82, 2.24) is 0 Å². The summed E-state index contributed by atoms with van der Waals surface area (Å²) in [6.45, 7) is 14.4. The highest BCUT2D eigenvalue weighted by atomic mass is 32.3. The molecule has 46 heavy (non-hydrogen) atoms. The normalized spacial score (nSPS) is 41.7. The van der Waals surface area contributed by atoms with Gasteiger partial charge in [-0.2, -0.15) is 16.8 Å². The van der Waals surface area contributed by atoms with E-state index in [0.29, 0.717) is 12.3 Å². The number of hydrogen-bond donors (Lipinski definition) is 1. The molecular formula is C33H48O11S2. The second-order valence-corrected chi connectivity index (χ2v) is 18.1. The third kappa shape index (κ3) is 5.45. The lowest BCUT2D eigenvalue weighted by molar-refractivity contribution is -0.154. The van der Waals surface area contributed by atoms with E-state index < -0.39 is 74.3 Å². The molecule has 5 rings (SSSR count). The molecule has 13 heteroatoms. The van der Waals surface area contributed by atoms with Crippen LogP contribution in [0.1, 0.15) is 80.1 Å². The Bertz CT molecular complexity index is 1580. The van der Waals surface area contributed by atoms with Gasteiger partial charge in [-0.15, -0.1) is 0 Å². The zero-order chi connectivity index (χ0) is 34.4. The molecule has 4 fully saturated rings. The highest BCUT2D eigenvalue weighted by Gasteiger charge is 2.81. The average molecular weight is 685 g/mol. The van der Waals surface area contributed by atoms with Crippen LogP contribution in [-0.2, 0) is 48.0 Å². The Balaban J connectivity index is 1.51. The third-order valence-corrected chi connectivity index (χ3v) is 14.3. The minimum atomic E-state index is -5.12. The van der Waals surface area contributed by atoms with E-state index >= 15 is 0 Å². The Morgan fingerprint density at radius 3 is 2.35 bits per heavy atom. The number of carbonyl (C=O) groups excluding carboxylic acids is 3. The van der Waals surface area contributed by atoms with Crippen molar-refractivity contribution < 1.29 is 48.9 Å². The van der Waals surface area contributed by atoms with Crippen LogP contribution in [0.15, 0.2) is 24.3 Å². The number of rotatable bonds is 11. The van der Waals surface area contributed by atoms with Gasteiger partial charge in [-0.05, 0) is 89.6 Å². The predicted molar refractivity (Wildman–Crippen MR) is 168 cm³/mol. The van der Waals surface area contributed by atoms with Crippen molar-refractivity contribution in [2.24, 2.45) is 57.2 Å². The molecule has 0 aromatic carbocycles. The first-order valence-corrected chi connectivity index (χ1v) is 19.4. The van der Waals surface area contributed by atoms with Crippen LogP contribution in [0.4, 0.5) is 0 Å². The lowest BCUT2D eigenvalue weighted by Gasteiger charge is -2.61. The minimum absolute atomic E-state index is 0.0119. The second-order valence-electron chi connectivity index (χ2n) is 15.4. The van der Waals surface area contributed by atoms with Gasteiger partial charge in [-0.3, -0.25) is 23.1 Å². The van der Waals surface area contributed by atoms with Crippen LogP contribution in [0.25, 0.3) is 0 Å². The van der Waals surface area contributed by atoms with E-state index in [1.807, 2.05) is 6.92 Å². The molecule has 0 bridgehead atoms. The van der Waals surface area contributed by atoms with Crippen LogP contribution < -0.4 is 0 Å². The smallest absolute Gasteiger partial charge is 0.398 e. The molecule has 1 N–H and O–H groups in total. The molecule has 5 aliphatic carbocycles. The standard InChI is InChI=1S/C33H48O11S2/c1-18(16-42-45(8,37)38)19(2)28(36)29(44-46(39,40)41)21(4)27-25(43-22(5)34)15-31(7)26-10-9-23-20(3)24(35)11-12-32(23)17-33(26,32)14-13-30(27,31)6/h11-12,18,20-21,23,25-27,29H,2,9-10,13-17H2,1,3-8H3,(H,39,40,41)/t18-,20-,21-,23?,25-,26?,27-,29+,30+,31-,32+,33-/m0/s1. The van der Waals surface area contributed by atoms with E-state index in [0.717, 1.165) is 38.4 Å². The van der Waals surface area contributed by atoms with Crippen LogP contribution in [0.2, 0.25) is 0 Å². The third-order valence-electron chi connectivity index (χ3n) is 13.3. The van der Waals surface area contributed by atoms with Gasteiger partial charge in [-0.25, -0.2) is 4.18 Å². The first kappa shape index (κ1) is 35.4. The quantitative estimate of drug-likeness (QED) is 0.141. The largest absolute Gasteiger partial charge is 0.462 e. The lowest BCUT2D eigenvalue weighted by Crippen LogP contribution is -2.56. The van der Waals surface area contributed by atoms with E-state index in [1.165, 1.54) is 13.8 Å². The van der Waals surface area contributed by atoms with Gasteiger partial charge < -0.3 is 4.74 Å². The van der Waals surface area contributed by atoms with Crippen LogP contribution in [-0.4, -0.2) is 64.0 Å². The average Bonchev–Trinajstić information content (AvgIpc) is 3.54. The fourth-order valence-electron chi connectivity index (χ4n) is 11.1. The summed E-state index contributed by atoms with van der Waals surface area (Å²) in [6.07, 6.45) is 7.39. The highest BCUT2D eigenvalue weighted by Crippen LogP contribution is 2.87. The molecule has 2 unspecified atom stereocenters. The van der Waals surface area contributed by atoms with E-state index in [1.54, 1.807) is 13.0 Å². The molecule has 0 heterocycles. The first-order valence-electron chi connectivity index (χ1n) is 16.2. The van der Waals surface area contributed by atoms with E-state index in [9.17, 15) is 35.8 Å². The van der Waals surface area contributed by atoms with Gasteiger partial charge in [0.1, 0.15) is 12.2 Å².